The first-order chi connectivity index (χ1) is 10.1. The van der Waals surface area contributed by atoms with Crippen molar-refractivity contribution < 1.29 is 4.79 Å². The van der Waals surface area contributed by atoms with Gasteiger partial charge in [0.25, 0.3) is 0 Å². The number of carbonyl (C=O) groups is 1. The number of rotatable bonds is 3. The van der Waals surface area contributed by atoms with Crippen LogP contribution in [0.15, 0.2) is 52.4 Å². The third kappa shape index (κ3) is 3.01. The van der Waals surface area contributed by atoms with E-state index >= 15 is 0 Å². The van der Waals surface area contributed by atoms with Gasteiger partial charge in [0, 0.05) is 17.3 Å². The summed E-state index contributed by atoms with van der Waals surface area (Å²) in [5, 5.41) is 0. The number of primary amides is 1. The summed E-state index contributed by atoms with van der Waals surface area (Å²) < 4.78 is 1.04. The molecule has 2 N–H and O–H groups in total. The molecule has 0 bridgehead atoms. The van der Waals surface area contributed by atoms with Crippen LogP contribution < -0.4 is 5.73 Å². The average molecular weight is 360 g/mol. The Bertz CT molecular complexity index is 799. The molecular weight excluding hydrogens is 350 g/mol. The van der Waals surface area contributed by atoms with E-state index in [2.05, 4.69) is 25.9 Å². The number of benzene rings is 1. The van der Waals surface area contributed by atoms with E-state index in [4.69, 9.17) is 5.73 Å². The Hall–Kier alpha value is -2.05. The first-order valence-electron chi connectivity index (χ1n) is 6.12. The smallest absolute Gasteiger partial charge is 0.248 e. The van der Waals surface area contributed by atoms with Crippen LogP contribution in [-0.2, 0) is 0 Å². The highest BCUT2D eigenvalue weighted by Crippen LogP contribution is 2.30. The van der Waals surface area contributed by atoms with Crippen molar-refractivity contribution in [3.05, 3.63) is 58.0 Å². The lowest BCUT2D eigenvalue weighted by atomic mass is 10.1. The molecule has 1 aromatic carbocycles. The van der Waals surface area contributed by atoms with Crippen molar-refractivity contribution in [1.82, 2.24) is 9.97 Å². The van der Waals surface area contributed by atoms with Crippen LogP contribution in [0, 0.1) is 0 Å². The summed E-state index contributed by atoms with van der Waals surface area (Å²) in [5.74, 6) is 0.246. The molecule has 4 nitrogen and oxygen atoms in total. The van der Waals surface area contributed by atoms with Crippen molar-refractivity contribution in [3.8, 4) is 22.0 Å². The molecule has 0 spiro atoms. The number of nitrogens with two attached hydrogens (primary N) is 1. The number of amides is 1. The fourth-order valence-corrected chi connectivity index (χ4v) is 3.21. The summed E-state index contributed by atoms with van der Waals surface area (Å²) in [4.78, 5) is 20.9. The topological polar surface area (TPSA) is 68.9 Å². The molecule has 2 aromatic heterocycles. The highest BCUT2D eigenvalue weighted by Gasteiger charge is 2.07. The Morgan fingerprint density at radius 3 is 2.48 bits per heavy atom. The molecule has 0 fully saturated rings. The third-order valence-electron chi connectivity index (χ3n) is 2.91. The van der Waals surface area contributed by atoms with Crippen molar-refractivity contribution in [1.29, 1.82) is 0 Å². The van der Waals surface area contributed by atoms with Gasteiger partial charge in [0.15, 0.2) is 5.82 Å². The Kier molecular flexibility index (Phi) is 3.81. The Morgan fingerprint density at radius 2 is 1.86 bits per heavy atom. The maximum atomic E-state index is 11.1. The number of hydrogen-bond donors (Lipinski definition) is 1. The number of hydrogen-bond acceptors (Lipinski definition) is 4. The molecule has 3 rings (SSSR count). The molecular formula is C15H10BrN3OS. The summed E-state index contributed by atoms with van der Waals surface area (Å²) >= 11 is 5.02. The van der Waals surface area contributed by atoms with Crippen molar-refractivity contribution in [2.75, 3.05) is 0 Å². The van der Waals surface area contributed by atoms with Crippen LogP contribution in [0.25, 0.3) is 22.0 Å². The van der Waals surface area contributed by atoms with Crippen LogP contribution in [0.5, 0.6) is 0 Å². The molecule has 6 heteroatoms. The zero-order valence-corrected chi connectivity index (χ0v) is 13.2. The molecule has 2 heterocycles. The zero-order chi connectivity index (χ0) is 14.8. The van der Waals surface area contributed by atoms with E-state index in [1.165, 1.54) is 0 Å². The largest absolute Gasteiger partial charge is 0.366 e. The van der Waals surface area contributed by atoms with Crippen LogP contribution in [0.2, 0.25) is 0 Å². The van der Waals surface area contributed by atoms with Gasteiger partial charge >= 0.3 is 0 Å². The lowest BCUT2D eigenvalue weighted by molar-refractivity contribution is 0.100. The summed E-state index contributed by atoms with van der Waals surface area (Å²) in [7, 11) is 0. The predicted molar refractivity (Wildman–Crippen MR) is 87.0 cm³/mol. The van der Waals surface area contributed by atoms with Gasteiger partial charge in [0.05, 0.1) is 14.4 Å². The maximum absolute atomic E-state index is 11.1. The van der Waals surface area contributed by atoms with Crippen molar-refractivity contribution in [2.45, 2.75) is 0 Å². The fraction of sp³-hybridized carbons (Fsp3) is 0. The third-order valence-corrected chi connectivity index (χ3v) is 4.53. The molecule has 0 saturated carbocycles. The van der Waals surface area contributed by atoms with Gasteiger partial charge in [-0.25, -0.2) is 9.97 Å². The average Bonchev–Trinajstić information content (AvgIpc) is 2.94. The molecule has 0 atom stereocenters. The molecule has 0 radical (unpaired) electrons. The molecule has 0 saturated heterocycles. The molecule has 0 unspecified atom stereocenters. The fourth-order valence-electron chi connectivity index (χ4n) is 1.88. The molecule has 0 aliphatic carbocycles. The van der Waals surface area contributed by atoms with Crippen molar-refractivity contribution in [3.63, 3.8) is 0 Å². The van der Waals surface area contributed by atoms with Gasteiger partial charge in [-0.3, -0.25) is 4.79 Å². The van der Waals surface area contributed by atoms with Crippen LogP contribution in [0.1, 0.15) is 10.4 Å². The van der Waals surface area contributed by atoms with E-state index in [-0.39, 0.29) is 0 Å². The van der Waals surface area contributed by atoms with Gasteiger partial charge < -0.3 is 5.73 Å². The van der Waals surface area contributed by atoms with E-state index in [9.17, 15) is 4.79 Å². The van der Waals surface area contributed by atoms with E-state index in [1.54, 1.807) is 29.7 Å². The standard InChI is InChI=1S/C15H10BrN3OS/c16-13-6-5-12(21-13)15-18-8-7-11(19-15)9-1-3-10(4-2-9)14(17)20/h1-8H,(H2,17,20). The summed E-state index contributed by atoms with van der Waals surface area (Å²) in [6, 6.07) is 12.8. The normalized spacial score (nSPS) is 10.5. The van der Waals surface area contributed by atoms with E-state index in [1.807, 2.05) is 30.3 Å². The van der Waals surface area contributed by atoms with Gasteiger partial charge in [-0.05, 0) is 46.3 Å². The van der Waals surface area contributed by atoms with Gasteiger partial charge in [-0.15, -0.1) is 11.3 Å². The predicted octanol–water partition coefficient (Wildman–Crippen LogP) is 3.73. The lowest BCUT2D eigenvalue weighted by Crippen LogP contribution is -2.10. The van der Waals surface area contributed by atoms with Crippen LogP contribution in [0.3, 0.4) is 0 Å². The quantitative estimate of drug-likeness (QED) is 0.774. The van der Waals surface area contributed by atoms with Gasteiger partial charge in [0.1, 0.15) is 0 Å². The second-order valence-electron chi connectivity index (χ2n) is 4.31. The SMILES string of the molecule is NC(=O)c1ccc(-c2ccnc(-c3ccc(Br)s3)n2)cc1. The van der Waals surface area contributed by atoms with Crippen molar-refractivity contribution in [2.24, 2.45) is 5.73 Å². The van der Waals surface area contributed by atoms with E-state index in [0.717, 1.165) is 19.9 Å². The Morgan fingerprint density at radius 1 is 1.10 bits per heavy atom. The molecule has 0 aliphatic heterocycles. The second-order valence-corrected chi connectivity index (χ2v) is 6.77. The first kappa shape index (κ1) is 13.9. The zero-order valence-electron chi connectivity index (χ0n) is 10.8. The highest BCUT2D eigenvalue weighted by molar-refractivity contribution is 9.11. The molecule has 104 valence electrons. The number of nitrogens with zero attached hydrogens (tertiary/aromatic N) is 2. The minimum absolute atomic E-state index is 0.437. The minimum atomic E-state index is -0.437. The number of carbonyl (C=O) groups excluding carboxylic acids is 1. The lowest BCUT2D eigenvalue weighted by Gasteiger charge is -2.03. The van der Waals surface area contributed by atoms with Crippen LogP contribution in [0.4, 0.5) is 0 Å². The Labute approximate surface area is 133 Å². The minimum Gasteiger partial charge on any atom is -0.366 e. The van der Waals surface area contributed by atoms with Crippen molar-refractivity contribution >= 4 is 33.2 Å². The van der Waals surface area contributed by atoms with Gasteiger partial charge in [0.2, 0.25) is 5.91 Å². The molecule has 3 aromatic rings. The number of aromatic nitrogens is 2. The monoisotopic (exact) mass is 359 g/mol. The first-order valence-corrected chi connectivity index (χ1v) is 7.73. The summed E-state index contributed by atoms with van der Waals surface area (Å²) in [6.07, 6.45) is 1.73. The highest BCUT2D eigenvalue weighted by atomic mass is 79.9. The number of halogens is 1. The van der Waals surface area contributed by atoms with Crippen LogP contribution >= 0.6 is 27.3 Å². The Balaban J connectivity index is 1.97. The van der Waals surface area contributed by atoms with E-state index in [0.29, 0.717) is 11.4 Å². The van der Waals surface area contributed by atoms with Gasteiger partial charge in [-0.1, -0.05) is 12.1 Å². The summed E-state index contributed by atoms with van der Waals surface area (Å²) in [5.41, 5.74) is 7.44. The molecule has 21 heavy (non-hydrogen) atoms. The van der Waals surface area contributed by atoms with Crippen LogP contribution in [-0.4, -0.2) is 15.9 Å². The molecule has 0 aliphatic rings. The maximum Gasteiger partial charge on any atom is 0.248 e. The molecule has 1 amide bonds. The second kappa shape index (κ2) is 5.75. The summed E-state index contributed by atoms with van der Waals surface area (Å²) in [6.45, 7) is 0. The van der Waals surface area contributed by atoms with Gasteiger partial charge in [-0.2, -0.15) is 0 Å². The van der Waals surface area contributed by atoms with E-state index < -0.39 is 5.91 Å². The number of thiophene rings is 1.